The van der Waals surface area contributed by atoms with Crippen LogP contribution in [0.3, 0.4) is 0 Å². The van der Waals surface area contributed by atoms with Crippen molar-refractivity contribution in [3.8, 4) is 0 Å². The Hall–Kier alpha value is -0.740. The molecule has 2 aromatic heterocycles. The van der Waals surface area contributed by atoms with Crippen molar-refractivity contribution in [1.29, 1.82) is 0 Å². The lowest BCUT2D eigenvalue weighted by molar-refractivity contribution is 1.13. The summed E-state index contributed by atoms with van der Waals surface area (Å²) in [4.78, 5) is 9.46. The number of thiazole rings is 2. The van der Waals surface area contributed by atoms with Crippen LogP contribution >= 0.6 is 22.7 Å². The third-order valence-electron chi connectivity index (χ3n) is 1.32. The van der Waals surface area contributed by atoms with Gasteiger partial charge in [0.15, 0.2) is 0 Å². The molecule has 0 radical (unpaired) electrons. The molecule has 0 unspecified atom stereocenters. The molecule has 2 heterocycles. The Morgan fingerprint density at radius 2 is 2.36 bits per heavy atom. The molecule has 0 aliphatic carbocycles. The molecular weight excluding hydrogens is 176 g/mol. The molecule has 11 heavy (non-hydrogen) atoms. The average molecular weight is 182 g/mol. The summed E-state index contributed by atoms with van der Waals surface area (Å²) in [6.07, 6.45) is 2.82. The van der Waals surface area contributed by atoms with Crippen molar-refractivity contribution in [3.05, 3.63) is 33.2 Å². The molecule has 56 valence electrons. The fourth-order valence-corrected chi connectivity index (χ4v) is 2.00. The van der Waals surface area contributed by atoms with Crippen molar-refractivity contribution in [2.24, 2.45) is 0 Å². The van der Waals surface area contributed by atoms with E-state index in [9.17, 15) is 0 Å². The highest BCUT2D eigenvalue weighted by Gasteiger charge is 1.97. The van der Waals surface area contributed by atoms with Gasteiger partial charge in [-0.3, -0.25) is 4.98 Å². The molecule has 0 atom stereocenters. The van der Waals surface area contributed by atoms with E-state index in [2.05, 4.69) is 15.3 Å². The second-order valence-corrected chi connectivity index (χ2v) is 3.81. The lowest BCUT2D eigenvalue weighted by atomic mass is 10.3. The molecule has 0 amide bonds. The van der Waals surface area contributed by atoms with E-state index < -0.39 is 0 Å². The highest BCUT2D eigenvalue weighted by molar-refractivity contribution is 7.09. The minimum Gasteiger partial charge on any atom is -0.253 e. The summed E-state index contributed by atoms with van der Waals surface area (Å²) in [6, 6.07) is 0. The summed E-state index contributed by atoms with van der Waals surface area (Å²) >= 11 is 3.31. The van der Waals surface area contributed by atoms with Gasteiger partial charge in [0, 0.05) is 22.9 Å². The molecule has 0 spiro atoms. The highest BCUT2D eigenvalue weighted by Crippen LogP contribution is 2.12. The molecule has 0 saturated carbocycles. The monoisotopic (exact) mass is 182 g/mol. The normalized spacial score (nSPS) is 10.2. The van der Waals surface area contributed by atoms with E-state index in [1.165, 1.54) is 4.88 Å². The van der Waals surface area contributed by atoms with Crippen LogP contribution in [0.4, 0.5) is 0 Å². The maximum absolute atomic E-state index is 4.19. The van der Waals surface area contributed by atoms with E-state index in [4.69, 9.17) is 0 Å². The molecule has 2 nitrogen and oxygen atoms in total. The highest BCUT2D eigenvalue weighted by atomic mass is 32.1. The molecule has 4 heteroatoms. The van der Waals surface area contributed by atoms with E-state index in [-0.39, 0.29) is 0 Å². The Morgan fingerprint density at radius 3 is 3.00 bits per heavy atom. The summed E-state index contributed by atoms with van der Waals surface area (Å²) in [5.41, 5.74) is 4.84. The number of hydrogen-bond donors (Lipinski definition) is 0. The molecule has 0 fully saturated rings. The van der Waals surface area contributed by atoms with Crippen LogP contribution in [0.15, 0.2) is 22.6 Å². The van der Waals surface area contributed by atoms with Gasteiger partial charge in [0.2, 0.25) is 0 Å². The Labute approximate surface area is 72.6 Å². The van der Waals surface area contributed by atoms with Gasteiger partial charge in [0.1, 0.15) is 0 Å². The Balaban J connectivity index is 2.14. The zero-order valence-corrected chi connectivity index (χ0v) is 7.36. The van der Waals surface area contributed by atoms with Crippen molar-refractivity contribution >= 4 is 22.7 Å². The van der Waals surface area contributed by atoms with Crippen molar-refractivity contribution in [2.75, 3.05) is 0 Å². The number of aromatic nitrogens is 2. The number of nitrogens with zero attached hydrogens (tertiary/aromatic N) is 2. The Morgan fingerprint density at radius 1 is 1.36 bits per heavy atom. The standard InChI is InChI=1S/C7H6N2S2/c1(6-3-10-5-9-6)7-2-8-4-11-7/h2-5H,1H2. The summed E-state index contributed by atoms with van der Waals surface area (Å²) in [7, 11) is 0. The van der Waals surface area contributed by atoms with E-state index >= 15 is 0 Å². The van der Waals surface area contributed by atoms with Crippen molar-refractivity contribution in [3.63, 3.8) is 0 Å². The van der Waals surface area contributed by atoms with E-state index in [0.29, 0.717) is 0 Å². The average Bonchev–Trinajstić information content (AvgIpc) is 2.60. The fraction of sp³-hybridized carbons (Fsp3) is 0.143. The Kier molecular flexibility index (Phi) is 1.96. The summed E-state index contributed by atoms with van der Waals surface area (Å²) in [5.74, 6) is 0. The topological polar surface area (TPSA) is 25.8 Å². The van der Waals surface area contributed by atoms with Crippen LogP contribution < -0.4 is 0 Å². The fourth-order valence-electron chi connectivity index (χ4n) is 0.833. The molecule has 0 bridgehead atoms. The molecular formula is C7H6N2S2. The Bertz CT molecular complexity index is 267. The third-order valence-corrected chi connectivity index (χ3v) is 2.74. The zero-order chi connectivity index (χ0) is 7.52. The first kappa shape index (κ1) is 6.94. The first-order valence-electron chi connectivity index (χ1n) is 3.19. The van der Waals surface area contributed by atoms with Crippen molar-refractivity contribution in [1.82, 2.24) is 9.97 Å². The quantitative estimate of drug-likeness (QED) is 0.711. The molecule has 0 N–H and O–H groups in total. The smallest absolute Gasteiger partial charge is 0.0794 e. The van der Waals surface area contributed by atoms with Crippen LogP contribution in [0.25, 0.3) is 0 Å². The molecule has 0 aliphatic heterocycles. The van der Waals surface area contributed by atoms with Gasteiger partial charge in [0.25, 0.3) is 0 Å². The third kappa shape index (κ3) is 1.64. The minimum absolute atomic E-state index is 0.925. The summed E-state index contributed by atoms with van der Waals surface area (Å²) in [6.45, 7) is 0. The molecule has 0 saturated heterocycles. The SMILES string of the molecule is c1nc(Cc2cncs2)cs1. The van der Waals surface area contributed by atoms with Crippen LogP contribution in [-0.2, 0) is 6.42 Å². The van der Waals surface area contributed by atoms with Gasteiger partial charge in [-0.25, -0.2) is 4.98 Å². The lowest BCUT2D eigenvalue weighted by Crippen LogP contribution is -1.82. The summed E-state index contributed by atoms with van der Waals surface area (Å²) in [5, 5.41) is 2.07. The van der Waals surface area contributed by atoms with Gasteiger partial charge in [-0.1, -0.05) is 0 Å². The molecule has 0 aromatic carbocycles. The second kappa shape index (κ2) is 3.11. The predicted molar refractivity (Wildman–Crippen MR) is 47.0 cm³/mol. The lowest BCUT2D eigenvalue weighted by Gasteiger charge is -1.88. The van der Waals surface area contributed by atoms with Crippen LogP contribution in [0.5, 0.6) is 0 Å². The van der Waals surface area contributed by atoms with Gasteiger partial charge in [-0.2, -0.15) is 0 Å². The molecule has 0 aliphatic rings. The largest absolute Gasteiger partial charge is 0.253 e. The maximum Gasteiger partial charge on any atom is 0.0794 e. The number of hydrogen-bond acceptors (Lipinski definition) is 4. The van der Waals surface area contributed by atoms with E-state index in [1.807, 2.05) is 17.2 Å². The maximum atomic E-state index is 4.19. The van der Waals surface area contributed by atoms with Gasteiger partial charge in [-0.15, -0.1) is 22.7 Å². The summed E-state index contributed by atoms with van der Waals surface area (Å²) < 4.78 is 0. The first-order chi connectivity index (χ1) is 5.45. The predicted octanol–water partition coefficient (Wildman–Crippen LogP) is 2.19. The number of rotatable bonds is 2. The second-order valence-electron chi connectivity index (χ2n) is 2.12. The van der Waals surface area contributed by atoms with Crippen molar-refractivity contribution < 1.29 is 0 Å². The van der Waals surface area contributed by atoms with Crippen LogP contribution in [0.2, 0.25) is 0 Å². The van der Waals surface area contributed by atoms with Gasteiger partial charge < -0.3 is 0 Å². The van der Waals surface area contributed by atoms with Crippen LogP contribution in [0, 0.1) is 0 Å². The van der Waals surface area contributed by atoms with Crippen molar-refractivity contribution in [2.45, 2.75) is 6.42 Å². The van der Waals surface area contributed by atoms with Gasteiger partial charge in [-0.05, 0) is 0 Å². The van der Waals surface area contributed by atoms with E-state index in [1.54, 1.807) is 22.7 Å². The zero-order valence-electron chi connectivity index (χ0n) is 5.73. The minimum atomic E-state index is 0.925. The first-order valence-corrected chi connectivity index (χ1v) is 5.02. The molecule has 2 aromatic rings. The van der Waals surface area contributed by atoms with Gasteiger partial charge >= 0.3 is 0 Å². The molecule has 2 rings (SSSR count). The van der Waals surface area contributed by atoms with Gasteiger partial charge in [0.05, 0.1) is 16.7 Å². The van der Waals surface area contributed by atoms with Crippen LogP contribution in [0.1, 0.15) is 10.6 Å². The van der Waals surface area contributed by atoms with E-state index in [0.717, 1.165) is 12.1 Å². The van der Waals surface area contributed by atoms with Crippen LogP contribution in [-0.4, -0.2) is 9.97 Å².